The molecule has 0 unspecified atom stereocenters. The van der Waals surface area contributed by atoms with Gasteiger partial charge in [-0.15, -0.1) is 11.3 Å². The van der Waals surface area contributed by atoms with Gasteiger partial charge in [-0.3, -0.25) is 0 Å². The normalized spacial score (nSPS) is 13.2. The summed E-state index contributed by atoms with van der Waals surface area (Å²) in [7, 11) is 0. The van der Waals surface area contributed by atoms with Crippen LogP contribution in [0.3, 0.4) is 0 Å². The summed E-state index contributed by atoms with van der Waals surface area (Å²) in [5, 5.41) is 6.00. The number of anilines is 3. The number of fused-ring (bicyclic) bond motifs is 11. The molecule has 8 aromatic carbocycles. The van der Waals surface area contributed by atoms with Gasteiger partial charge < -0.3 is 13.7 Å². The molecule has 0 N–H and O–H groups in total. The van der Waals surface area contributed by atoms with Crippen molar-refractivity contribution in [3.63, 3.8) is 0 Å². The minimum absolute atomic E-state index is 0.242. The van der Waals surface area contributed by atoms with Gasteiger partial charge in [-0.1, -0.05) is 148 Å². The second kappa shape index (κ2) is 13.8. The fourth-order valence-corrected chi connectivity index (χ4v) is 11.2. The molecule has 0 saturated heterocycles. The van der Waals surface area contributed by atoms with Crippen LogP contribution in [0.2, 0.25) is 0 Å². The number of thiophene rings is 1. The highest BCUT2D eigenvalue weighted by Crippen LogP contribution is 2.54. The Bertz CT molecular complexity index is 3630. The van der Waals surface area contributed by atoms with E-state index in [1.807, 2.05) is 30.4 Å². The molecule has 3 aromatic heterocycles. The Morgan fingerprint density at radius 2 is 1.21 bits per heavy atom. The third-order valence-corrected chi connectivity index (χ3v) is 14.2. The zero-order valence-electron chi connectivity index (χ0n) is 34.7. The molecule has 62 heavy (non-hydrogen) atoms. The summed E-state index contributed by atoms with van der Waals surface area (Å²) in [6.07, 6.45) is 5.93. The molecule has 1 aliphatic carbocycles. The zero-order valence-corrected chi connectivity index (χ0v) is 35.5. The Labute approximate surface area is 364 Å². The number of rotatable bonds is 7. The molecule has 0 bridgehead atoms. The van der Waals surface area contributed by atoms with E-state index in [1.54, 1.807) is 6.08 Å². The fourth-order valence-electron chi connectivity index (χ4n) is 10.0. The fraction of sp³-hybridized carbons (Fsp3) is 0.0690. The molecule has 0 fully saturated rings. The van der Waals surface area contributed by atoms with Gasteiger partial charge in [0.2, 0.25) is 0 Å². The SMILES string of the molecule is C=Cc1oc2c(-c3ccc(N(c4ccc(-c5cccc6c5sc5ccccc56)cc4)c4ccc5c(c4)C(C)(C)c4ccc6c(oc7ccccc76)c4-5)cc3)cccc2c1C=CC. The third-order valence-electron chi connectivity index (χ3n) is 13.0. The monoisotopic (exact) mass is 815 g/mol. The minimum atomic E-state index is -0.242. The maximum atomic E-state index is 6.63. The van der Waals surface area contributed by atoms with Gasteiger partial charge >= 0.3 is 0 Å². The van der Waals surface area contributed by atoms with E-state index < -0.39 is 0 Å². The Morgan fingerprint density at radius 1 is 0.548 bits per heavy atom. The van der Waals surface area contributed by atoms with Crippen LogP contribution < -0.4 is 4.90 Å². The smallest absolute Gasteiger partial charge is 0.143 e. The molecule has 0 saturated carbocycles. The van der Waals surface area contributed by atoms with Crippen molar-refractivity contribution in [1.29, 1.82) is 0 Å². The molecule has 3 heterocycles. The number of allylic oxidation sites excluding steroid dienone is 1. The molecular weight excluding hydrogens is 775 g/mol. The number of nitrogens with zero attached hydrogens (tertiary/aromatic N) is 1. The van der Waals surface area contributed by atoms with Gasteiger partial charge in [0, 0.05) is 75.5 Å². The topological polar surface area (TPSA) is 29.5 Å². The van der Waals surface area contributed by atoms with E-state index in [2.05, 4.69) is 189 Å². The first kappa shape index (κ1) is 36.5. The Kier molecular flexibility index (Phi) is 8.12. The molecule has 296 valence electrons. The number of furan rings is 2. The minimum Gasteiger partial charge on any atom is -0.455 e. The van der Waals surface area contributed by atoms with Crippen molar-refractivity contribution >= 4 is 93.6 Å². The van der Waals surface area contributed by atoms with Crippen LogP contribution in [0.4, 0.5) is 17.1 Å². The van der Waals surface area contributed by atoms with Crippen LogP contribution in [0, 0.1) is 0 Å². The van der Waals surface area contributed by atoms with Crippen LogP contribution in [-0.4, -0.2) is 0 Å². The number of hydrogen-bond donors (Lipinski definition) is 0. The van der Waals surface area contributed by atoms with Crippen LogP contribution in [0.15, 0.2) is 185 Å². The summed E-state index contributed by atoms with van der Waals surface area (Å²) in [5.74, 6) is 0.781. The van der Waals surface area contributed by atoms with Gasteiger partial charge in [-0.25, -0.2) is 0 Å². The number of para-hydroxylation sites is 2. The summed E-state index contributed by atoms with van der Waals surface area (Å²) < 4.78 is 15.7. The first-order valence-electron chi connectivity index (χ1n) is 21.2. The quantitative estimate of drug-likeness (QED) is 0.160. The lowest BCUT2D eigenvalue weighted by Gasteiger charge is -2.28. The standard InChI is InChI=1S/C58H41NO2S/c1-5-13-42-45-18-11-16-40(55(45)60-51(42)6-2)35-22-26-37(27-23-35)59(38-28-24-36(25-29-38)41-17-12-19-47-44-15-8-10-21-53(44)62-57(41)47)39-30-31-48-50(34-39)58(3,4)49-33-32-46-43-14-7-9-20-52(43)61-56(46)54(48)49/h5-34H,2H2,1,3-4H3. The lowest BCUT2D eigenvalue weighted by Crippen LogP contribution is -2.16. The first-order chi connectivity index (χ1) is 30.4. The van der Waals surface area contributed by atoms with E-state index in [0.717, 1.165) is 72.4 Å². The highest BCUT2D eigenvalue weighted by Gasteiger charge is 2.38. The van der Waals surface area contributed by atoms with Crippen LogP contribution in [0.1, 0.15) is 43.2 Å². The lowest BCUT2D eigenvalue weighted by molar-refractivity contribution is 0.604. The van der Waals surface area contributed by atoms with Crippen molar-refractivity contribution in [2.24, 2.45) is 0 Å². The van der Waals surface area contributed by atoms with Crippen molar-refractivity contribution in [2.45, 2.75) is 26.2 Å². The van der Waals surface area contributed by atoms with E-state index in [4.69, 9.17) is 8.83 Å². The molecule has 0 spiro atoms. The van der Waals surface area contributed by atoms with Gasteiger partial charge in [0.1, 0.15) is 22.5 Å². The average Bonchev–Trinajstić information content (AvgIpc) is 4.05. The van der Waals surface area contributed by atoms with Crippen LogP contribution in [0.5, 0.6) is 0 Å². The van der Waals surface area contributed by atoms with E-state index in [0.29, 0.717) is 0 Å². The Balaban J connectivity index is 0.999. The van der Waals surface area contributed by atoms with Gasteiger partial charge in [-0.05, 0) is 94.9 Å². The van der Waals surface area contributed by atoms with Crippen molar-refractivity contribution in [1.82, 2.24) is 0 Å². The maximum Gasteiger partial charge on any atom is 0.143 e. The first-order valence-corrected chi connectivity index (χ1v) is 22.0. The molecule has 0 amide bonds. The second-order valence-corrected chi connectivity index (χ2v) is 17.8. The van der Waals surface area contributed by atoms with Crippen molar-refractivity contribution in [3.8, 4) is 33.4 Å². The van der Waals surface area contributed by atoms with Crippen LogP contribution in [-0.2, 0) is 5.41 Å². The van der Waals surface area contributed by atoms with E-state index >= 15 is 0 Å². The highest BCUT2D eigenvalue weighted by atomic mass is 32.1. The average molecular weight is 816 g/mol. The summed E-state index contributed by atoms with van der Waals surface area (Å²) >= 11 is 1.87. The largest absolute Gasteiger partial charge is 0.455 e. The maximum absolute atomic E-state index is 6.63. The molecule has 11 aromatic rings. The molecule has 0 radical (unpaired) electrons. The molecule has 0 atom stereocenters. The summed E-state index contributed by atoms with van der Waals surface area (Å²) in [6, 6.07) is 59.6. The molecular formula is C58H41NO2S. The number of benzene rings is 8. The van der Waals surface area contributed by atoms with Crippen molar-refractivity contribution in [3.05, 3.63) is 199 Å². The van der Waals surface area contributed by atoms with E-state index in [-0.39, 0.29) is 5.41 Å². The van der Waals surface area contributed by atoms with Gasteiger partial charge in [0.05, 0.1) is 0 Å². The van der Waals surface area contributed by atoms with Crippen molar-refractivity contribution in [2.75, 3.05) is 4.90 Å². The van der Waals surface area contributed by atoms with Gasteiger partial charge in [0.25, 0.3) is 0 Å². The predicted octanol–water partition coefficient (Wildman–Crippen LogP) is 17.5. The zero-order chi connectivity index (χ0) is 41.7. The highest BCUT2D eigenvalue weighted by molar-refractivity contribution is 7.26. The molecule has 3 nitrogen and oxygen atoms in total. The lowest BCUT2D eigenvalue weighted by atomic mass is 9.82. The molecule has 12 rings (SSSR count). The number of hydrogen-bond acceptors (Lipinski definition) is 4. The Morgan fingerprint density at radius 3 is 1.97 bits per heavy atom. The third kappa shape index (κ3) is 5.36. The second-order valence-electron chi connectivity index (χ2n) is 16.8. The summed E-state index contributed by atoms with van der Waals surface area (Å²) in [6.45, 7) is 10.7. The molecule has 0 aliphatic heterocycles. The Hall–Kier alpha value is -7.40. The van der Waals surface area contributed by atoms with E-state index in [9.17, 15) is 0 Å². The van der Waals surface area contributed by atoms with Crippen molar-refractivity contribution < 1.29 is 8.83 Å². The van der Waals surface area contributed by atoms with Crippen LogP contribution >= 0.6 is 11.3 Å². The summed E-state index contributed by atoms with van der Waals surface area (Å²) in [5.41, 5.74) is 16.4. The van der Waals surface area contributed by atoms with Crippen LogP contribution in [0.25, 0.3) is 98.6 Å². The molecule has 1 aliphatic rings. The van der Waals surface area contributed by atoms with Gasteiger partial charge in [-0.2, -0.15) is 0 Å². The summed E-state index contributed by atoms with van der Waals surface area (Å²) in [4.78, 5) is 2.39. The molecule has 4 heteroatoms. The predicted molar refractivity (Wildman–Crippen MR) is 264 cm³/mol. The van der Waals surface area contributed by atoms with E-state index in [1.165, 1.54) is 53.6 Å². The van der Waals surface area contributed by atoms with Gasteiger partial charge in [0.15, 0.2) is 0 Å².